The Morgan fingerprint density at radius 1 is 1.33 bits per heavy atom. The molecule has 0 fully saturated rings. The number of carbonyl (C=O) groups is 1. The number of aromatic hydroxyl groups is 1. The third kappa shape index (κ3) is 2.93. The minimum atomic E-state index is -0.744. The number of hydrogen-bond donors (Lipinski definition) is 2. The molecule has 9 heteroatoms. The predicted octanol–water partition coefficient (Wildman–Crippen LogP) is 2.16. The van der Waals surface area contributed by atoms with Crippen molar-refractivity contribution in [2.45, 2.75) is 0 Å². The Morgan fingerprint density at radius 3 is 2.67 bits per heavy atom. The zero-order valence-corrected chi connectivity index (χ0v) is 13.9. The van der Waals surface area contributed by atoms with E-state index in [2.05, 4.69) is 35.9 Å². The van der Waals surface area contributed by atoms with Crippen molar-refractivity contribution in [2.24, 2.45) is 7.05 Å². The lowest BCUT2D eigenvalue weighted by molar-refractivity contribution is 0.101. The van der Waals surface area contributed by atoms with Crippen LogP contribution in [-0.4, -0.2) is 25.7 Å². The lowest BCUT2D eigenvalue weighted by Crippen LogP contribution is -2.25. The molecule has 24 heavy (non-hydrogen) atoms. The molecule has 3 rings (SSSR count). The second-order valence-corrected chi connectivity index (χ2v) is 5.79. The summed E-state index contributed by atoms with van der Waals surface area (Å²) in [5.74, 6) is -1.22. The maximum atomic E-state index is 12.3. The normalized spacial score (nSPS) is 10.6. The van der Waals surface area contributed by atoms with Gasteiger partial charge in [-0.3, -0.25) is 14.2 Å². The fourth-order valence-corrected chi connectivity index (χ4v) is 2.33. The average Bonchev–Trinajstić information content (AvgIpc) is 3.07. The van der Waals surface area contributed by atoms with Gasteiger partial charge in [-0.1, -0.05) is 33.2 Å². The summed E-state index contributed by atoms with van der Waals surface area (Å²) in [7, 11) is 1.47. The Bertz CT molecular complexity index is 949. The molecule has 3 aromatic rings. The molecule has 0 atom stereocenters. The molecule has 0 unspecified atom stereocenters. The van der Waals surface area contributed by atoms with E-state index >= 15 is 0 Å². The number of anilines is 1. The Morgan fingerprint density at radius 2 is 2.04 bits per heavy atom. The quantitative estimate of drug-likeness (QED) is 0.708. The molecule has 122 valence electrons. The molecular weight excluding hydrogens is 380 g/mol. The molecular formula is C15H11BrN4O4. The Kier molecular flexibility index (Phi) is 4.17. The van der Waals surface area contributed by atoms with Gasteiger partial charge in [-0.15, -0.1) is 0 Å². The smallest absolute Gasteiger partial charge is 0.296 e. The van der Waals surface area contributed by atoms with Crippen LogP contribution in [0, 0.1) is 0 Å². The van der Waals surface area contributed by atoms with Crippen LogP contribution in [0.2, 0.25) is 0 Å². The molecule has 0 bridgehead atoms. The lowest BCUT2D eigenvalue weighted by atomic mass is 10.2. The lowest BCUT2D eigenvalue weighted by Gasteiger charge is -2.11. The van der Waals surface area contributed by atoms with Crippen molar-refractivity contribution >= 4 is 27.5 Å². The fourth-order valence-electron chi connectivity index (χ4n) is 2.06. The number of nitrogens with zero attached hydrogens (tertiary/aromatic N) is 3. The summed E-state index contributed by atoms with van der Waals surface area (Å²) in [5.41, 5.74) is -0.195. The first-order valence-electron chi connectivity index (χ1n) is 6.74. The van der Waals surface area contributed by atoms with Gasteiger partial charge in [0.15, 0.2) is 5.69 Å². The minimum absolute atomic E-state index is 0.251. The summed E-state index contributed by atoms with van der Waals surface area (Å²) >= 11 is 3.33. The molecule has 0 aliphatic carbocycles. The topological polar surface area (TPSA) is 110 Å². The highest BCUT2D eigenvalue weighted by atomic mass is 79.9. The third-order valence-corrected chi connectivity index (χ3v) is 3.80. The fraction of sp³-hybridized carbons (Fsp3) is 0.0667. The summed E-state index contributed by atoms with van der Waals surface area (Å²) in [4.78, 5) is 28.6. The van der Waals surface area contributed by atoms with E-state index in [1.54, 1.807) is 24.3 Å². The van der Waals surface area contributed by atoms with Crippen LogP contribution in [0.1, 0.15) is 10.5 Å². The summed E-state index contributed by atoms with van der Waals surface area (Å²) in [6.07, 6.45) is 2.50. The first-order valence-corrected chi connectivity index (χ1v) is 7.53. The highest BCUT2D eigenvalue weighted by molar-refractivity contribution is 9.10. The highest BCUT2D eigenvalue weighted by Crippen LogP contribution is 2.21. The highest BCUT2D eigenvalue weighted by Gasteiger charge is 2.21. The predicted molar refractivity (Wildman–Crippen MR) is 88.7 cm³/mol. The van der Waals surface area contributed by atoms with Gasteiger partial charge < -0.3 is 14.9 Å². The second-order valence-electron chi connectivity index (χ2n) is 4.87. The molecule has 2 heterocycles. The molecule has 0 aliphatic rings. The number of carbonyl (C=O) groups excluding carboxylic acids is 1. The van der Waals surface area contributed by atoms with E-state index in [9.17, 15) is 14.7 Å². The van der Waals surface area contributed by atoms with E-state index in [1.807, 2.05) is 0 Å². The SMILES string of the molecule is Cn1c(-c2ccc(Br)cc2)nc(C(=O)Nc2cnoc2)c(O)c1=O. The zero-order valence-electron chi connectivity index (χ0n) is 12.4. The largest absolute Gasteiger partial charge is 0.501 e. The van der Waals surface area contributed by atoms with Crippen molar-refractivity contribution in [3.8, 4) is 17.1 Å². The van der Waals surface area contributed by atoms with Crippen molar-refractivity contribution in [3.05, 3.63) is 57.2 Å². The van der Waals surface area contributed by atoms with E-state index in [1.165, 1.54) is 24.1 Å². The van der Waals surface area contributed by atoms with Crippen LogP contribution >= 0.6 is 15.9 Å². The molecule has 1 amide bonds. The second kappa shape index (κ2) is 6.28. The number of halogens is 1. The van der Waals surface area contributed by atoms with Crippen molar-refractivity contribution in [1.29, 1.82) is 0 Å². The van der Waals surface area contributed by atoms with Crippen LogP contribution in [0.15, 0.2) is 50.5 Å². The van der Waals surface area contributed by atoms with Gasteiger partial charge >= 0.3 is 0 Å². The number of amides is 1. The molecule has 0 saturated heterocycles. The van der Waals surface area contributed by atoms with Crippen molar-refractivity contribution < 1.29 is 14.4 Å². The molecule has 1 aromatic carbocycles. The zero-order chi connectivity index (χ0) is 17.3. The number of rotatable bonds is 3. The van der Waals surface area contributed by atoms with Crippen LogP contribution < -0.4 is 10.9 Å². The number of benzene rings is 1. The standard InChI is InChI=1S/C15H11BrN4O4/c1-20-13(8-2-4-9(16)5-3-8)19-11(12(21)15(20)23)14(22)18-10-6-17-24-7-10/h2-7,21H,1H3,(H,18,22). The molecule has 0 spiro atoms. The monoisotopic (exact) mass is 390 g/mol. The first kappa shape index (κ1) is 15.9. The summed E-state index contributed by atoms with van der Waals surface area (Å²) in [6.45, 7) is 0. The molecule has 0 radical (unpaired) electrons. The van der Waals surface area contributed by atoms with Gasteiger partial charge in [-0.2, -0.15) is 0 Å². The van der Waals surface area contributed by atoms with Gasteiger partial charge in [-0.05, 0) is 12.1 Å². The van der Waals surface area contributed by atoms with Crippen LogP contribution in [-0.2, 0) is 7.05 Å². The summed E-state index contributed by atoms with van der Waals surface area (Å²) in [5, 5.41) is 15.9. The minimum Gasteiger partial charge on any atom is -0.501 e. The van der Waals surface area contributed by atoms with Crippen LogP contribution in [0.3, 0.4) is 0 Å². The summed E-state index contributed by atoms with van der Waals surface area (Å²) < 4.78 is 6.65. The average molecular weight is 391 g/mol. The number of hydrogen-bond acceptors (Lipinski definition) is 6. The van der Waals surface area contributed by atoms with Gasteiger partial charge in [-0.25, -0.2) is 4.98 Å². The van der Waals surface area contributed by atoms with E-state index in [0.717, 1.165) is 4.47 Å². The molecule has 2 aromatic heterocycles. The van der Waals surface area contributed by atoms with Crippen LogP contribution in [0.4, 0.5) is 5.69 Å². The van der Waals surface area contributed by atoms with Gasteiger partial charge in [0.05, 0.1) is 6.20 Å². The molecule has 0 saturated carbocycles. The van der Waals surface area contributed by atoms with E-state index in [-0.39, 0.29) is 17.2 Å². The van der Waals surface area contributed by atoms with Crippen LogP contribution in [0.25, 0.3) is 11.4 Å². The molecule has 0 aliphatic heterocycles. The maximum absolute atomic E-state index is 12.3. The maximum Gasteiger partial charge on any atom is 0.296 e. The third-order valence-electron chi connectivity index (χ3n) is 3.27. The van der Waals surface area contributed by atoms with Crippen molar-refractivity contribution in [3.63, 3.8) is 0 Å². The first-order chi connectivity index (χ1) is 11.5. The van der Waals surface area contributed by atoms with Crippen LogP contribution in [0.5, 0.6) is 5.75 Å². The van der Waals surface area contributed by atoms with Crippen molar-refractivity contribution in [1.82, 2.24) is 14.7 Å². The van der Waals surface area contributed by atoms with Gasteiger partial charge in [0.2, 0.25) is 5.75 Å². The van der Waals surface area contributed by atoms with Gasteiger partial charge in [0.1, 0.15) is 17.8 Å². The number of nitrogens with one attached hydrogen (secondary N) is 1. The molecule has 8 nitrogen and oxygen atoms in total. The van der Waals surface area contributed by atoms with Gasteiger partial charge in [0.25, 0.3) is 11.5 Å². The molecule has 2 N–H and O–H groups in total. The Balaban J connectivity index is 2.08. The van der Waals surface area contributed by atoms with Gasteiger partial charge in [0, 0.05) is 17.1 Å². The Labute approximate surface area is 143 Å². The Hall–Kier alpha value is -2.94. The van der Waals surface area contributed by atoms with E-state index in [0.29, 0.717) is 5.56 Å². The van der Waals surface area contributed by atoms with E-state index < -0.39 is 17.2 Å². The van der Waals surface area contributed by atoms with E-state index in [4.69, 9.17) is 0 Å². The van der Waals surface area contributed by atoms with Crippen molar-refractivity contribution in [2.75, 3.05) is 5.32 Å². The number of aromatic nitrogens is 3. The summed E-state index contributed by atoms with van der Waals surface area (Å²) in [6, 6.07) is 7.05.